The molecule has 6 nitrogen and oxygen atoms in total. The summed E-state index contributed by atoms with van der Waals surface area (Å²) in [5.74, 6) is 3.77. The molecular weight excluding hydrogens is 584 g/mol. The van der Waals surface area contributed by atoms with Crippen LogP contribution in [0.15, 0.2) is 70.2 Å². The second-order valence-electron chi connectivity index (χ2n) is 7.66. The number of nitrogens with zero attached hydrogens (tertiary/aromatic N) is 1. The lowest BCUT2D eigenvalue weighted by Gasteiger charge is -2.13. The van der Waals surface area contributed by atoms with Crippen LogP contribution in [0.25, 0.3) is 0 Å². The van der Waals surface area contributed by atoms with Crippen LogP contribution in [0.5, 0.6) is 17.2 Å². The van der Waals surface area contributed by atoms with Crippen LogP contribution >= 0.6 is 51.1 Å². The molecule has 0 atom stereocenters. The molecule has 1 aliphatic heterocycles. The topological polar surface area (TPSA) is 69.2 Å². The average molecular weight is 608 g/mol. The maximum Gasteiger partial charge on any atom is 0.277 e. The molecule has 10 heteroatoms. The maximum absolute atomic E-state index is 12.2. The highest BCUT2D eigenvalue weighted by molar-refractivity contribution is 9.10. The predicted molar refractivity (Wildman–Crippen MR) is 152 cm³/mol. The minimum absolute atomic E-state index is 0.133. The fourth-order valence-corrected chi connectivity index (χ4v) is 6.70. The van der Waals surface area contributed by atoms with Crippen LogP contribution in [-0.4, -0.2) is 37.3 Å². The van der Waals surface area contributed by atoms with Gasteiger partial charge >= 0.3 is 0 Å². The van der Waals surface area contributed by atoms with E-state index in [0.717, 1.165) is 10.0 Å². The monoisotopic (exact) mass is 606 g/mol. The van der Waals surface area contributed by atoms with Crippen molar-refractivity contribution in [3.8, 4) is 17.2 Å². The van der Waals surface area contributed by atoms with Gasteiger partial charge in [0.1, 0.15) is 12.4 Å². The van der Waals surface area contributed by atoms with Gasteiger partial charge in [-0.25, -0.2) is 5.43 Å². The number of rotatable bonds is 10. The zero-order valence-corrected chi connectivity index (χ0v) is 23.4. The molecule has 188 valence electrons. The summed E-state index contributed by atoms with van der Waals surface area (Å²) in [6, 6.07) is 18.9. The van der Waals surface area contributed by atoms with Gasteiger partial charge < -0.3 is 14.2 Å². The number of methoxy groups -OCH3 is 1. The molecule has 3 aromatic carbocycles. The molecular formula is C26H24BrClN2O4S2. The summed E-state index contributed by atoms with van der Waals surface area (Å²) in [4.78, 5) is 12.2. The van der Waals surface area contributed by atoms with E-state index in [1.54, 1.807) is 19.2 Å². The van der Waals surface area contributed by atoms with Crippen molar-refractivity contribution in [3.63, 3.8) is 0 Å². The molecule has 1 aliphatic rings. The van der Waals surface area contributed by atoms with Crippen molar-refractivity contribution in [2.24, 2.45) is 5.10 Å². The summed E-state index contributed by atoms with van der Waals surface area (Å²) in [6.07, 6.45) is 1.53. The molecule has 0 spiro atoms. The Bertz CT molecular complexity index is 1200. The van der Waals surface area contributed by atoms with Gasteiger partial charge in [0.25, 0.3) is 5.91 Å². The normalized spacial score (nSPS) is 13.6. The minimum Gasteiger partial charge on any atom is -0.493 e. The van der Waals surface area contributed by atoms with Crippen LogP contribution in [0.2, 0.25) is 5.02 Å². The Balaban J connectivity index is 1.28. The van der Waals surface area contributed by atoms with Gasteiger partial charge in [-0.15, -0.1) is 23.5 Å². The Hall–Kier alpha value is -2.33. The Kier molecular flexibility index (Phi) is 9.86. The Morgan fingerprint density at radius 2 is 1.81 bits per heavy atom. The van der Waals surface area contributed by atoms with Crippen molar-refractivity contribution in [1.29, 1.82) is 0 Å². The Morgan fingerprint density at radius 1 is 1.08 bits per heavy atom. The van der Waals surface area contributed by atoms with Gasteiger partial charge in [-0.05, 0) is 63.5 Å². The van der Waals surface area contributed by atoms with Gasteiger partial charge in [-0.2, -0.15) is 5.10 Å². The number of hydrogen-bond donors (Lipinski definition) is 1. The lowest BCUT2D eigenvalue weighted by molar-refractivity contribution is -0.123. The molecule has 1 amide bonds. The van der Waals surface area contributed by atoms with Crippen molar-refractivity contribution in [2.45, 2.75) is 11.2 Å². The number of hydrogen-bond acceptors (Lipinski definition) is 7. The number of halogens is 2. The number of ether oxygens (including phenoxy) is 3. The molecule has 1 N–H and O–H groups in total. The summed E-state index contributed by atoms with van der Waals surface area (Å²) in [5, 5.41) is 4.71. The van der Waals surface area contributed by atoms with Crippen LogP contribution < -0.4 is 19.6 Å². The second kappa shape index (κ2) is 13.3. The number of amides is 1. The lowest BCUT2D eigenvalue weighted by Crippen LogP contribution is -2.24. The van der Waals surface area contributed by atoms with Crippen molar-refractivity contribution >= 4 is 63.2 Å². The number of thioether (sulfide) groups is 2. The van der Waals surface area contributed by atoms with Crippen LogP contribution in [-0.2, 0) is 11.4 Å². The van der Waals surface area contributed by atoms with E-state index in [-0.39, 0.29) is 12.5 Å². The average Bonchev–Trinajstić information content (AvgIpc) is 3.43. The first-order valence-corrected chi connectivity index (χ1v) is 14.3. The molecule has 4 rings (SSSR count). The first-order chi connectivity index (χ1) is 17.5. The SMILES string of the molecule is COc1cc(/C=N\NC(=O)COc2ccc(C3SCCS3)cc2)c(Br)cc1OCc1ccc(Cl)cc1. The lowest BCUT2D eigenvalue weighted by atomic mass is 10.2. The molecule has 0 aliphatic carbocycles. The van der Waals surface area contributed by atoms with Crippen LogP contribution in [0.3, 0.4) is 0 Å². The second-order valence-corrected chi connectivity index (χ2v) is 11.7. The zero-order chi connectivity index (χ0) is 25.3. The van der Waals surface area contributed by atoms with Gasteiger partial charge in [-0.1, -0.05) is 35.9 Å². The van der Waals surface area contributed by atoms with E-state index in [1.165, 1.54) is 23.3 Å². The molecule has 0 aromatic heterocycles. The third-order valence-corrected chi connectivity index (χ3v) is 9.17. The highest BCUT2D eigenvalue weighted by atomic mass is 79.9. The number of carbonyl (C=O) groups is 1. The molecule has 36 heavy (non-hydrogen) atoms. The summed E-state index contributed by atoms with van der Waals surface area (Å²) >= 11 is 13.4. The van der Waals surface area contributed by atoms with Crippen LogP contribution in [0, 0.1) is 0 Å². The molecule has 1 heterocycles. The van der Waals surface area contributed by atoms with E-state index in [0.29, 0.717) is 39.0 Å². The molecule has 0 bridgehead atoms. The molecule has 1 saturated heterocycles. The number of benzene rings is 3. The Labute approximate surface area is 232 Å². The van der Waals surface area contributed by atoms with E-state index in [2.05, 4.69) is 38.6 Å². The van der Waals surface area contributed by atoms with Crippen molar-refractivity contribution in [2.75, 3.05) is 25.2 Å². The minimum atomic E-state index is -0.358. The third-order valence-electron chi connectivity index (χ3n) is 5.13. The molecule has 0 unspecified atom stereocenters. The summed E-state index contributed by atoms with van der Waals surface area (Å²) in [6.45, 7) is 0.232. The summed E-state index contributed by atoms with van der Waals surface area (Å²) in [5.41, 5.74) is 5.45. The van der Waals surface area contributed by atoms with E-state index in [4.69, 9.17) is 25.8 Å². The zero-order valence-electron chi connectivity index (χ0n) is 19.4. The van der Waals surface area contributed by atoms with Gasteiger partial charge in [0.2, 0.25) is 0 Å². The largest absolute Gasteiger partial charge is 0.493 e. The predicted octanol–water partition coefficient (Wildman–Crippen LogP) is 6.70. The van der Waals surface area contributed by atoms with Crippen LogP contribution in [0.4, 0.5) is 0 Å². The number of hydrazone groups is 1. The third kappa shape index (κ3) is 7.59. The fraction of sp³-hybridized carbons (Fsp3) is 0.231. The van der Waals surface area contributed by atoms with Crippen molar-refractivity contribution in [1.82, 2.24) is 5.43 Å². The van der Waals surface area contributed by atoms with E-state index < -0.39 is 0 Å². The molecule has 3 aromatic rings. The first kappa shape index (κ1) is 26.7. The van der Waals surface area contributed by atoms with Gasteiger partial charge in [-0.3, -0.25) is 4.79 Å². The summed E-state index contributed by atoms with van der Waals surface area (Å²) in [7, 11) is 1.57. The fourth-order valence-electron chi connectivity index (χ4n) is 3.29. The molecule has 0 radical (unpaired) electrons. The maximum atomic E-state index is 12.2. The van der Waals surface area contributed by atoms with E-state index in [1.807, 2.05) is 59.9 Å². The quantitative estimate of drug-likeness (QED) is 0.204. The smallest absolute Gasteiger partial charge is 0.277 e. The number of carbonyl (C=O) groups excluding carboxylic acids is 1. The van der Waals surface area contributed by atoms with E-state index >= 15 is 0 Å². The highest BCUT2D eigenvalue weighted by Gasteiger charge is 2.18. The van der Waals surface area contributed by atoms with Crippen LogP contribution in [0.1, 0.15) is 21.3 Å². The first-order valence-electron chi connectivity index (χ1n) is 11.0. The van der Waals surface area contributed by atoms with Gasteiger partial charge in [0.15, 0.2) is 18.1 Å². The molecule has 0 saturated carbocycles. The number of nitrogens with one attached hydrogen (secondary N) is 1. The van der Waals surface area contributed by atoms with Crippen molar-refractivity contribution < 1.29 is 19.0 Å². The highest BCUT2D eigenvalue weighted by Crippen LogP contribution is 2.45. The Morgan fingerprint density at radius 3 is 2.50 bits per heavy atom. The molecule has 1 fully saturated rings. The summed E-state index contributed by atoms with van der Waals surface area (Å²) < 4.78 is 18.2. The standard InChI is InChI=1S/C26H24BrClN2O4S2/c1-32-23-12-19(22(27)13-24(23)34-15-17-2-6-20(28)7-3-17)14-29-30-25(31)16-33-21-8-4-18(5-9-21)26-35-10-11-36-26/h2-9,12-14,26H,10-11,15-16H2,1H3,(H,30,31)/b29-14-. The van der Waals surface area contributed by atoms with Crippen molar-refractivity contribution in [3.05, 3.63) is 86.8 Å². The van der Waals surface area contributed by atoms with E-state index in [9.17, 15) is 4.79 Å². The van der Waals surface area contributed by atoms with Gasteiger partial charge in [0.05, 0.1) is 17.9 Å². The van der Waals surface area contributed by atoms with Gasteiger partial charge in [0, 0.05) is 26.6 Å².